The van der Waals surface area contributed by atoms with Crippen LogP contribution in [0.5, 0.6) is 11.5 Å². The first-order valence-electron chi connectivity index (χ1n) is 18.5. The molecular weight excluding hydrogens is 692 g/mol. The molecule has 0 amide bonds. The van der Waals surface area contributed by atoms with Crippen LogP contribution in [0.4, 0.5) is 5.69 Å². The Morgan fingerprint density at radius 2 is 1.63 bits per heavy atom. The van der Waals surface area contributed by atoms with Crippen LogP contribution in [0, 0.1) is 5.92 Å². The minimum atomic E-state index is -0.670. The summed E-state index contributed by atoms with van der Waals surface area (Å²) in [6.45, 7) is 4.69. The number of anilines is 1. The molecule has 5 atom stereocenters. The lowest BCUT2D eigenvalue weighted by molar-refractivity contribution is -0.156. The fourth-order valence-corrected chi connectivity index (χ4v) is 6.36. The third-order valence-electron chi connectivity index (χ3n) is 9.49. The molecule has 2 saturated heterocycles. The minimum Gasteiger partial charge on any atom is -0.504 e. The van der Waals surface area contributed by atoms with Gasteiger partial charge < -0.3 is 45.1 Å². The highest BCUT2D eigenvalue weighted by atomic mass is 16.6. The topological polar surface area (TPSA) is 170 Å². The molecule has 2 aliphatic rings. The SMILES string of the molecule is CCCCNc1ccc(C(=O)OCCN(C)C)cc1.CNC[C@H](O)c1ccc(O)c(O)c1.COC(=O)[C@@H]1C2CC[C@H](C[C@@H]1OC(=O)c1ccccc1)N2C. The molecule has 0 spiro atoms. The van der Waals surface area contributed by atoms with E-state index in [0.717, 1.165) is 38.0 Å². The summed E-state index contributed by atoms with van der Waals surface area (Å²) in [6.07, 6.45) is 3.91. The molecule has 3 aromatic carbocycles. The number of nitrogens with one attached hydrogen (secondary N) is 2. The quantitative estimate of drug-likeness (QED) is 0.0658. The lowest BCUT2D eigenvalue weighted by atomic mass is 9.87. The van der Waals surface area contributed by atoms with Crippen molar-refractivity contribution in [2.45, 2.75) is 63.3 Å². The maximum atomic E-state index is 12.3. The van der Waals surface area contributed by atoms with Crippen LogP contribution in [0.3, 0.4) is 0 Å². The predicted octanol–water partition coefficient (Wildman–Crippen LogP) is 4.84. The van der Waals surface area contributed by atoms with E-state index < -0.39 is 18.1 Å². The summed E-state index contributed by atoms with van der Waals surface area (Å²) in [6, 6.07) is 21.0. The number of aromatic hydroxyl groups is 2. The van der Waals surface area contributed by atoms with Crippen molar-refractivity contribution in [3.05, 3.63) is 89.5 Å². The van der Waals surface area contributed by atoms with Crippen LogP contribution in [0.1, 0.15) is 71.4 Å². The van der Waals surface area contributed by atoms with Crippen LogP contribution in [0.15, 0.2) is 72.8 Å². The number of benzene rings is 3. The largest absolute Gasteiger partial charge is 0.504 e. The van der Waals surface area contributed by atoms with Gasteiger partial charge in [-0.05, 0) is 102 Å². The number of phenolic OH excluding ortho intramolecular Hbond substituents is 2. The van der Waals surface area contributed by atoms with Crippen LogP contribution in [0.25, 0.3) is 0 Å². The fraction of sp³-hybridized carbons (Fsp3) is 0.488. The number of nitrogens with zero attached hydrogens (tertiary/aromatic N) is 2. The Labute approximate surface area is 319 Å². The van der Waals surface area contributed by atoms with Gasteiger partial charge in [-0.3, -0.25) is 9.69 Å². The number of hydrogen-bond acceptors (Lipinski definition) is 13. The van der Waals surface area contributed by atoms with Crippen molar-refractivity contribution in [1.29, 1.82) is 0 Å². The first kappa shape index (κ1) is 43.7. The van der Waals surface area contributed by atoms with E-state index in [4.69, 9.17) is 24.4 Å². The number of unbranched alkanes of at least 4 members (excludes halogenated alkanes) is 1. The molecule has 5 N–H and O–H groups in total. The molecule has 0 saturated carbocycles. The standard InChI is InChI=1S/C17H21NO4.C15H24N2O2.C9H13NO3/c1-18-12-8-9-13(18)15(17(20)21-2)14(10-12)22-16(19)11-6-4-3-5-7-11;1-4-5-10-16-14-8-6-13(7-9-14)15(18)19-12-11-17(2)3;1-10-5-9(13)6-2-3-7(11)8(12)4-6/h3-7,12-15H,8-10H2,1-2H3;6-9,16H,4-5,10-12H2,1-3H3;2-4,9-13H,5H2,1H3/t12-,13?,14+,15-;;9-/m1.0/s1. The van der Waals surface area contributed by atoms with Crippen LogP contribution in [-0.4, -0.2) is 123 Å². The lowest BCUT2D eigenvalue weighted by Crippen LogP contribution is -2.53. The number of carbonyl (C=O) groups excluding carboxylic acids is 3. The first-order valence-corrected chi connectivity index (χ1v) is 18.5. The Bertz CT molecular complexity index is 1590. The van der Waals surface area contributed by atoms with Gasteiger partial charge in [-0.15, -0.1) is 0 Å². The van der Waals surface area contributed by atoms with Gasteiger partial charge in [-0.1, -0.05) is 37.6 Å². The van der Waals surface area contributed by atoms with E-state index in [1.165, 1.54) is 25.7 Å². The van der Waals surface area contributed by atoms with Gasteiger partial charge in [0.1, 0.15) is 18.6 Å². The van der Waals surface area contributed by atoms with Gasteiger partial charge in [-0.25, -0.2) is 9.59 Å². The Morgan fingerprint density at radius 3 is 2.24 bits per heavy atom. The number of esters is 3. The molecule has 13 heteroatoms. The van der Waals surface area contributed by atoms with E-state index in [1.807, 2.05) is 44.2 Å². The number of phenols is 2. The predicted molar refractivity (Wildman–Crippen MR) is 208 cm³/mol. The van der Waals surface area contributed by atoms with Gasteiger partial charge in [0.15, 0.2) is 11.5 Å². The molecule has 0 aliphatic carbocycles. The maximum Gasteiger partial charge on any atom is 0.338 e. The zero-order chi connectivity index (χ0) is 39.6. The Kier molecular flexibility index (Phi) is 18.2. The average molecular weight is 751 g/mol. The van der Waals surface area contributed by atoms with Crippen LogP contribution < -0.4 is 10.6 Å². The molecule has 2 heterocycles. The Hall–Kier alpha value is -4.69. The molecule has 13 nitrogen and oxygen atoms in total. The Balaban J connectivity index is 0.000000225. The third-order valence-corrected chi connectivity index (χ3v) is 9.49. The van der Waals surface area contributed by atoms with Crippen LogP contribution in [-0.2, 0) is 19.0 Å². The smallest absolute Gasteiger partial charge is 0.338 e. The van der Waals surface area contributed by atoms with Crippen molar-refractivity contribution in [2.75, 3.05) is 66.9 Å². The molecule has 5 rings (SSSR count). The summed E-state index contributed by atoms with van der Waals surface area (Å²) in [4.78, 5) is 40.4. The van der Waals surface area contributed by atoms with E-state index >= 15 is 0 Å². The molecule has 1 unspecified atom stereocenters. The summed E-state index contributed by atoms with van der Waals surface area (Å²) in [7, 11) is 9.05. The van der Waals surface area contributed by atoms with Crippen molar-refractivity contribution < 1.29 is 43.9 Å². The Morgan fingerprint density at radius 1 is 0.944 bits per heavy atom. The molecule has 296 valence electrons. The number of ether oxygens (including phenoxy) is 3. The summed E-state index contributed by atoms with van der Waals surface area (Å²) < 4.78 is 15.8. The summed E-state index contributed by atoms with van der Waals surface area (Å²) >= 11 is 0. The number of fused-ring (bicyclic) bond motifs is 2. The summed E-state index contributed by atoms with van der Waals surface area (Å²) in [5.74, 6) is -1.72. The monoisotopic (exact) mass is 750 g/mol. The third kappa shape index (κ3) is 13.3. The van der Waals surface area contributed by atoms with Gasteiger partial charge >= 0.3 is 17.9 Å². The van der Waals surface area contributed by atoms with Crippen LogP contribution >= 0.6 is 0 Å². The first-order chi connectivity index (χ1) is 25.9. The number of aliphatic hydroxyl groups is 1. The van der Waals surface area contributed by atoms with Gasteiger partial charge in [0.25, 0.3) is 0 Å². The molecule has 2 fully saturated rings. The molecule has 3 aromatic rings. The second kappa shape index (κ2) is 22.5. The van der Waals surface area contributed by atoms with E-state index in [1.54, 1.807) is 49.5 Å². The summed E-state index contributed by atoms with van der Waals surface area (Å²) in [5, 5.41) is 33.7. The van der Waals surface area contributed by atoms with E-state index in [-0.39, 0.29) is 35.4 Å². The lowest BCUT2D eigenvalue weighted by Gasteiger charge is -2.40. The van der Waals surface area contributed by atoms with Gasteiger partial charge in [0.05, 0.1) is 24.3 Å². The normalized spacial score (nSPS) is 19.3. The van der Waals surface area contributed by atoms with Crippen molar-refractivity contribution in [1.82, 2.24) is 15.1 Å². The van der Waals surface area contributed by atoms with Crippen molar-refractivity contribution >= 4 is 23.6 Å². The fourth-order valence-electron chi connectivity index (χ4n) is 6.36. The second-order valence-electron chi connectivity index (χ2n) is 13.7. The van der Waals surface area contributed by atoms with Crippen molar-refractivity contribution in [3.63, 3.8) is 0 Å². The average Bonchev–Trinajstić information content (AvgIpc) is 3.40. The number of carbonyl (C=O) groups is 3. The molecular formula is C41H58N4O9. The highest BCUT2D eigenvalue weighted by Gasteiger charge is 2.51. The zero-order valence-corrected chi connectivity index (χ0v) is 32.4. The van der Waals surface area contributed by atoms with Crippen molar-refractivity contribution in [2.24, 2.45) is 5.92 Å². The number of piperidine rings is 1. The molecule has 0 radical (unpaired) electrons. The van der Waals surface area contributed by atoms with Gasteiger partial charge in [-0.2, -0.15) is 0 Å². The van der Waals surface area contributed by atoms with Gasteiger partial charge in [0.2, 0.25) is 0 Å². The zero-order valence-electron chi connectivity index (χ0n) is 32.4. The van der Waals surface area contributed by atoms with Crippen molar-refractivity contribution in [3.8, 4) is 11.5 Å². The molecule has 2 aliphatic heterocycles. The van der Waals surface area contributed by atoms with E-state index in [0.29, 0.717) is 42.3 Å². The highest BCUT2D eigenvalue weighted by molar-refractivity contribution is 5.90. The molecule has 54 heavy (non-hydrogen) atoms. The second-order valence-corrected chi connectivity index (χ2v) is 13.7. The van der Waals surface area contributed by atoms with E-state index in [2.05, 4.69) is 22.5 Å². The molecule has 2 bridgehead atoms. The molecule has 0 aromatic heterocycles. The number of likely N-dealkylation sites (N-methyl/N-ethyl adjacent to an activating group) is 2. The number of hydrogen-bond donors (Lipinski definition) is 5. The number of aliphatic hydroxyl groups excluding tert-OH is 1. The van der Waals surface area contributed by atoms with Gasteiger partial charge in [0, 0.05) is 43.8 Å². The number of rotatable bonds is 14. The maximum absolute atomic E-state index is 12.3. The van der Waals surface area contributed by atoms with E-state index in [9.17, 15) is 19.5 Å². The summed E-state index contributed by atoms with van der Waals surface area (Å²) in [5.41, 5.74) is 2.72. The number of methoxy groups -OCH3 is 1. The minimum absolute atomic E-state index is 0.0970. The van der Waals surface area contributed by atoms with Crippen LogP contribution in [0.2, 0.25) is 0 Å². The highest BCUT2D eigenvalue weighted by Crippen LogP contribution is 2.40.